The van der Waals surface area contributed by atoms with Gasteiger partial charge in [-0.3, -0.25) is 0 Å². The molecule has 1 aliphatic carbocycles. The molecular formula is C14H23N3OS. The molecule has 0 amide bonds. The van der Waals surface area contributed by atoms with Gasteiger partial charge in [-0.25, -0.2) is 9.97 Å². The molecule has 19 heavy (non-hydrogen) atoms. The van der Waals surface area contributed by atoms with Crippen LogP contribution in [0.2, 0.25) is 0 Å². The van der Waals surface area contributed by atoms with Gasteiger partial charge >= 0.3 is 0 Å². The summed E-state index contributed by atoms with van der Waals surface area (Å²) in [5, 5.41) is 4.24. The van der Waals surface area contributed by atoms with Gasteiger partial charge in [0.25, 0.3) is 0 Å². The van der Waals surface area contributed by atoms with Crippen molar-refractivity contribution in [1.82, 2.24) is 9.97 Å². The molecule has 1 aromatic heterocycles. The molecule has 0 radical (unpaired) electrons. The fourth-order valence-electron chi connectivity index (χ4n) is 2.42. The second kappa shape index (κ2) is 6.98. The maximum absolute atomic E-state index is 5.60. The van der Waals surface area contributed by atoms with Gasteiger partial charge in [0.05, 0.1) is 6.10 Å². The van der Waals surface area contributed by atoms with Crippen LogP contribution in [0.3, 0.4) is 0 Å². The van der Waals surface area contributed by atoms with Gasteiger partial charge < -0.3 is 10.1 Å². The molecule has 1 heterocycles. The van der Waals surface area contributed by atoms with Crippen LogP contribution in [0.5, 0.6) is 5.88 Å². The third kappa shape index (κ3) is 4.27. The molecule has 2 rings (SSSR count). The molecule has 2 unspecified atom stereocenters. The van der Waals surface area contributed by atoms with Crippen molar-refractivity contribution in [1.29, 1.82) is 0 Å². The van der Waals surface area contributed by atoms with Crippen molar-refractivity contribution in [3.63, 3.8) is 0 Å². The summed E-state index contributed by atoms with van der Waals surface area (Å²) >= 11 is 2.04. The monoisotopic (exact) mass is 281 g/mol. The van der Waals surface area contributed by atoms with Crippen LogP contribution in [0.1, 0.15) is 40.0 Å². The van der Waals surface area contributed by atoms with E-state index < -0.39 is 0 Å². The van der Waals surface area contributed by atoms with Gasteiger partial charge in [0.1, 0.15) is 12.1 Å². The van der Waals surface area contributed by atoms with E-state index in [2.05, 4.69) is 22.2 Å². The molecule has 0 saturated heterocycles. The summed E-state index contributed by atoms with van der Waals surface area (Å²) in [6.45, 7) is 6.22. The Morgan fingerprint density at radius 1 is 1.42 bits per heavy atom. The van der Waals surface area contributed by atoms with Crippen LogP contribution < -0.4 is 10.1 Å². The third-order valence-electron chi connectivity index (χ3n) is 3.17. The summed E-state index contributed by atoms with van der Waals surface area (Å²) in [6.07, 6.45) is 5.53. The number of nitrogens with one attached hydrogen (secondary N) is 1. The number of aromatic nitrogens is 2. The van der Waals surface area contributed by atoms with Crippen LogP contribution >= 0.6 is 11.8 Å². The standard InChI is InChI=1S/C14H23N3OS/c1-4-19-12-7-5-6-11(12)17-13-8-14(16-9-15-13)18-10(2)3/h8-12H,4-7H2,1-3H3,(H,15,16,17). The second-order valence-corrected chi connectivity index (χ2v) is 6.60. The molecule has 1 aliphatic rings. The van der Waals surface area contributed by atoms with Gasteiger partial charge in [-0.05, 0) is 32.4 Å². The average molecular weight is 281 g/mol. The lowest BCUT2D eigenvalue weighted by atomic mass is 10.2. The van der Waals surface area contributed by atoms with E-state index in [4.69, 9.17) is 4.74 Å². The quantitative estimate of drug-likeness (QED) is 0.866. The fraction of sp³-hybridized carbons (Fsp3) is 0.714. The predicted octanol–water partition coefficient (Wildman–Crippen LogP) is 3.35. The van der Waals surface area contributed by atoms with Crippen molar-refractivity contribution in [2.24, 2.45) is 0 Å². The number of ether oxygens (including phenoxy) is 1. The first-order valence-electron chi connectivity index (χ1n) is 7.06. The van der Waals surface area contributed by atoms with E-state index in [1.165, 1.54) is 25.0 Å². The van der Waals surface area contributed by atoms with Gasteiger partial charge in [0.2, 0.25) is 5.88 Å². The highest BCUT2D eigenvalue weighted by atomic mass is 32.2. The van der Waals surface area contributed by atoms with E-state index in [-0.39, 0.29) is 6.10 Å². The van der Waals surface area contributed by atoms with Crippen molar-refractivity contribution in [2.75, 3.05) is 11.1 Å². The lowest BCUT2D eigenvalue weighted by Gasteiger charge is -2.20. The fourth-order valence-corrected chi connectivity index (χ4v) is 3.62. The summed E-state index contributed by atoms with van der Waals surface area (Å²) in [5.74, 6) is 2.69. The normalized spacial score (nSPS) is 22.7. The van der Waals surface area contributed by atoms with Crippen molar-refractivity contribution in [2.45, 2.75) is 57.4 Å². The van der Waals surface area contributed by atoms with Crippen LogP contribution in [0, 0.1) is 0 Å². The lowest BCUT2D eigenvalue weighted by Crippen LogP contribution is -2.26. The molecule has 1 saturated carbocycles. The molecule has 5 heteroatoms. The Kier molecular flexibility index (Phi) is 5.31. The Bertz CT molecular complexity index is 400. The zero-order valence-corrected chi connectivity index (χ0v) is 12.7. The summed E-state index contributed by atoms with van der Waals surface area (Å²) in [7, 11) is 0. The molecule has 0 spiro atoms. The first kappa shape index (κ1) is 14.4. The Morgan fingerprint density at radius 2 is 2.26 bits per heavy atom. The van der Waals surface area contributed by atoms with Crippen molar-refractivity contribution in [3.05, 3.63) is 12.4 Å². The highest BCUT2D eigenvalue weighted by molar-refractivity contribution is 7.99. The van der Waals surface area contributed by atoms with Gasteiger partial charge in [-0.1, -0.05) is 13.3 Å². The van der Waals surface area contributed by atoms with Crippen molar-refractivity contribution >= 4 is 17.6 Å². The minimum Gasteiger partial charge on any atom is -0.475 e. The smallest absolute Gasteiger partial charge is 0.218 e. The van der Waals surface area contributed by atoms with Crippen LogP contribution in [0.15, 0.2) is 12.4 Å². The molecule has 4 nitrogen and oxygen atoms in total. The second-order valence-electron chi connectivity index (χ2n) is 5.08. The van der Waals surface area contributed by atoms with E-state index in [9.17, 15) is 0 Å². The molecule has 106 valence electrons. The third-order valence-corrected chi connectivity index (χ3v) is 4.49. The van der Waals surface area contributed by atoms with Crippen LogP contribution in [0.25, 0.3) is 0 Å². The van der Waals surface area contributed by atoms with E-state index in [1.54, 1.807) is 6.33 Å². The Hall–Kier alpha value is -0.970. The van der Waals surface area contributed by atoms with Gasteiger partial charge in [-0.2, -0.15) is 11.8 Å². The van der Waals surface area contributed by atoms with Crippen molar-refractivity contribution < 1.29 is 4.74 Å². The van der Waals surface area contributed by atoms with Crippen LogP contribution in [-0.4, -0.2) is 33.1 Å². The van der Waals surface area contributed by atoms with Crippen LogP contribution in [0.4, 0.5) is 5.82 Å². The number of anilines is 1. The Balaban J connectivity index is 1.98. The molecule has 1 N–H and O–H groups in total. The molecule has 1 fully saturated rings. The maximum atomic E-state index is 5.60. The summed E-state index contributed by atoms with van der Waals surface area (Å²) in [5.41, 5.74) is 0. The Morgan fingerprint density at radius 3 is 3.00 bits per heavy atom. The number of thioether (sulfide) groups is 1. The van der Waals surface area contributed by atoms with E-state index >= 15 is 0 Å². The number of hydrogen-bond donors (Lipinski definition) is 1. The Labute approximate surface area is 119 Å². The first-order chi connectivity index (χ1) is 9.19. The number of rotatable bonds is 6. The molecule has 0 aliphatic heterocycles. The summed E-state index contributed by atoms with van der Waals surface area (Å²) in [6, 6.07) is 2.41. The molecule has 0 bridgehead atoms. The molecule has 2 atom stereocenters. The topological polar surface area (TPSA) is 47.0 Å². The van der Waals surface area contributed by atoms with E-state index in [1.807, 2.05) is 31.7 Å². The van der Waals surface area contributed by atoms with Crippen LogP contribution in [-0.2, 0) is 0 Å². The number of hydrogen-bond acceptors (Lipinski definition) is 5. The summed E-state index contributed by atoms with van der Waals surface area (Å²) in [4.78, 5) is 8.42. The number of nitrogens with zero attached hydrogens (tertiary/aromatic N) is 2. The van der Waals surface area contributed by atoms with Gasteiger partial charge in [-0.15, -0.1) is 0 Å². The SMILES string of the molecule is CCSC1CCCC1Nc1cc(OC(C)C)ncn1. The molecule has 1 aromatic rings. The predicted molar refractivity (Wildman–Crippen MR) is 81.0 cm³/mol. The average Bonchev–Trinajstić information content (AvgIpc) is 2.77. The summed E-state index contributed by atoms with van der Waals surface area (Å²) < 4.78 is 5.60. The molecular weight excluding hydrogens is 258 g/mol. The minimum atomic E-state index is 0.137. The zero-order chi connectivity index (χ0) is 13.7. The van der Waals surface area contributed by atoms with Gasteiger partial charge in [0, 0.05) is 17.4 Å². The molecule has 0 aromatic carbocycles. The van der Waals surface area contributed by atoms with Crippen molar-refractivity contribution in [3.8, 4) is 5.88 Å². The zero-order valence-electron chi connectivity index (χ0n) is 11.9. The van der Waals surface area contributed by atoms with Gasteiger partial charge in [0.15, 0.2) is 0 Å². The highest BCUT2D eigenvalue weighted by Gasteiger charge is 2.27. The minimum absolute atomic E-state index is 0.137. The largest absolute Gasteiger partial charge is 0.475 e. The maximum Gasteiger partial charge on any atom is 0.218 e. The highest BCUT2D eigenvalue weighted by Crippen LogP contribution is 2.32. The van der Waals surface area contributed by atoms with E-state index in [0.717, 1.165) is 5.82 Å². The first-order valence-corrected chi connectivity index (χ1v) is 8.10. The lowest BCUT2D eigenvalue weighted by molar-refractivity contribution is 0.232. The van der Waals surface area contributed by atoms with E-state index in [0.29, 0.717) is 17.2 Å².